The van der Waals surface area contributed by atoms with Crippen LogP contribution in [0.1, 0.15) is 16.7 Å². The van der Waals surface area contributed by atoms with Crippen LogP contribution in [-0.2, 0) is 22.6 Å². The second-order valence-electron chi connectivity index (χ2n) is 8.33. The Kier molecular flexibility index (Phi) is 7.92. The maximum absolute atomic E-state index is 13.2. The number of hydrogen-bond acceptors (Lipinski definition) is 3. The molecule has 0 aliphatic heterocycles. The van der Waals surface area contributed by atoms with Gasteiger partial charge < -0.3 is 15.0 Å². The van der Waals surface area contributed by atoms with Crippen molar-refractivity contribution < 1.29 is 14.3 Å². The molecule has 0 saturated carbocycles. The maximum atomic E-state index is 13.2. The number of nitrogens with one attached hydrogen (secondary N) is 1. The average Bonchev–Trinajstić information content (AvgIpc) is 2.88. The average molecular weight is 465 g/mol. The quantitative estimate of drug-likeness (QED) is 0.341. The number of aryl methyl sites for hydroxylation is 1. The highest BCUT2D eigenvalue weighted by atomic mass is 16.5. The number of benzene rings is 4. The highest BCUT2D eigenvalue weighted by molar-refractivity contribution is 5.95. The standard InChI is InChI=1S/C30H28N2O3/c1-23-9-8-12-26(19-23)31-29(33)20-24-15-17-27(18-16-24)32(21-25-10-4-2-5-11-25)30(34)22-35-28-13-6-3-7-14-28/h2-19H,20-22H2,1H3,(H,31,33). The van der Waals surface area contributed by atoms with Crippen molar-refractivity contribution in [3.05, 3.63) is 126 Å². The number of nitrogens with zero attached hydrogens (tertiary/aromatic N) is 1. The summed E-state index contributed by atoms with van der Waals surface area (Å²) < 4.78 is 5.71. The third-order valence-corrected chi connectivity index (χ3v) is 5.50. The Morgan fingerprint density at radius 3 is 2.14 bits per heavy atom. The summed E-state index contributed by atoms with van der Waals surface area (Å²) in [6.45, 7) is 2.34. The Bertz CT molecular complexity index is 1260. The second kappa shape index (κ2) is 11.7. The Labute approximate surface area is 206 Å². The zero-order valence-electron chi connectivity index (χ0n) is 19.7. The normalized spacial score (nSPS) is 10.4. The van der Waals surface area contributed by atoms with Gasteiger partial charge in [0.15, 0.2) is 6.61 Å². The highest BCUT2D eigenvalue weighted by Gasteiger charge is 2.17. The lowest BCUT2D eigenvalue weighted by molar-refractivity contribution is -0.120. The summed E-state index contributed by atoms with van der Waals surface area (Å²) in [7, 11) is 0. The van der Waals surface area contributed by atoms with Crippen LogP contribution in [0.15, 0.2) is 109 Å². The maximum Gasteiger partial charge on any atom is 0.265 e. The fourth-order valence-electron chi connectivity index (χ4n) is 3.74. The van der Waals surface area contributed by atoms with Crippen molar-refractivity contribution in [1.82, 2.24) is 0 Å². The van der Waals surface area contributed by atoms with Crippen LogP contribution in [0.4, 0.5) is 11.4 Å². The van der Waals surface area contributed by atoms with Crippen LogP contribution in [0, 0.1) is 6.92 Å². The lowest BCUT2D eigenvalue weighted by Crippen LogP contribution is -2.34. The van der Waals surface area contributed by atoms with Crippen molar-refractivity contribution in [1.29, 1.82) is 0 Å². The molecule has 0 fully saturated rings. The zero-order chi connectivity index (χ0) is 24.5. The van der Waals surface area contributed by atoms with E-state index in [0.717, 1.165) is 28.1 Å². The van der Waals surface area contributed by atoms with E-state index in [1.54, 1.807) is 4.90 Å². The van der Waals surface area contributed by atoms with Gasteiger partial charge in [0, 0.05) is 11.4 Å². The van der Waals surface area contributed by atoms with Crippen LogP contribution < -0.4 is 15.0 Å². The molecule has 0 radical (unpaired) electrons. The molecule has 176 valence electrons. The number of para-hydroxylation sites is 1. The first-order chi connectivity index (χ1) is 17.1. The lowest BCUT2D eigenvalue weighted by atomic mass is 10.1. The first-order valence-corrected chi connectivity index (χ1v) is 11.5. The third-order valence-electron chi connectivity index (χ3n) is 5.50. The molecular weight excluding hydrogens is 436 g/mol. The van der Waals surface area contributed by atoms with Gasteiger partial charge in [0.25, 0.3) is 5.91 Å². The van der Waals surface area contributed by atoms with Gasteiger partial charge in [-0.25, -0.2) is 0 Å². The van der Waals surface area contributed by atoms with Gasteiger partial charge in [-0.05, 0) is 60.0 Å². The summed E-state index contributed by atoms with van der Waals surface area (Å²) in [6, 6.07) is 34.4. The Hall–Kier alpha value is -4.38. The van der Waals surface area contributed by atoms with Crippen LogP contribution in [-0.4, -0.2) is 18.4 Å². The van der Waals surface area contributed by atoms with Crippen molar-refractivity contribution in [3.63, 3.8) is 0 Å². The number of rotatable bonds is 9. The van der Waals surface area contributed by atoms with E-state index in [-0.39, 0.29) is 24.8 Å². The van der Waals surface area contributed by atoms with Gasteiger partial charge >= 0.3 is 0 Å². The van der Waals surface area contributed by atoms with E-state index in [9.17, 15) is 9.59 Å². The molecule has 5 heteroatoms. The number of ether oxygens (including phenoxy) is 1. The van der Waals surface area contributed by atoms with Crippen LogP contribution in [0.2, 0.25) is 0 Å². The summed E-state index contributed by atoms with van der Waals surface area (Å²) in [4.78, 5) is 27.3. The molecule has 0 aliphatic carbocycles. The van der Waals surface area contributed by atoms with E-state index in [2.05, 4.69) is 5.32 Å². The molecular formula is C30H28N2O3. The monoisotopic (exact) mass is 464 g/mol. The Balaban J connectivity index is 1.45. The molecule has 0 heterocycles. The SMILES string of the molecule is Cc1cccc(NC(=O)Cc2ccc(N(Cc3ccccc3)C(=O)COc3ccccc3)cc2)c1. The smallest absolute Gasteiger partial charge is 0.265 e. The van der Waals surface area contributed by atoms with Gasteiger partial charge in [-0.2, -0.15) is 0 Å². The van der Waals surface area contributed by atoms with Gasteiger partial charge in [0.05, 0.1) is 13.0 Å². The van der Waals surface area contributed by atoms with Gasteiger partial charge in [-0.15, -0.1) is 0 Å². The fraction of sp³-hybridized carbons (Fsp3) is 0.133. The Morgan fingerprint density at radius 2 is 1.46 bits per heavy atom. The van der Waals surface area contributed by atoms with Crippen LogP contribution in [0.25, 0.3) is 0 Å². The topological polar surface area (TPSA) is 58.6 Å². The molecule has 5 nitrogen and oxygen atoms in total. The van der Waals surface area contributed by atoms with Crippen LogP contribution in [0.3, 0.4) is 0 Å². The summed E-state index contributed by atoms with van der Waals surface area (Å²) in [5.74, 6) is 0.412. The predicted octanol–water partition coefficient (Wildman–Crippen LogP) is 5.79. The molecule has 0 bridgehead atoms. The molecule has 35 heavy (non-hydrogen) atoms. The molecule has 4 rings (SSSR count). The first kappa shape index (κ1) is 23.8. The summed E-state index contributed by atoms with van der Waals surface area (Å²) in [5.41, 5.74) is 4.50. The zero-order valence-corrected chi connectivity index (χ0v) is 19.7. The summed E-state index contributed by atoms with van der Waals surface area (Å²) >= 11 is 0. The van der Waals surface area contributed by atoms with Crippen molar-refractivity contribution in [2.75, 3.05) is 16.8 Å². The molecule has 0 aliphatic rings. The largest absolute Gasteiger partial charge is 0.484 e. The molecule has 4 aromatic rings. The Morgan fingerprint density at radius 1 is 0.771 bits per heavy atom. The summed E-state index contributed by atoms with van der Waals surface area (Å²) in [6.07, 6.45) is 0.248. The molecule has 2 amide bonds. The summed E-state index contributed by atoms with van der Waals surface area (Å²) in [5, 5.41) is 2.93. The number of anilines is 2. The highest BCUT2D eigenvalue weighted by Crippen LogP contribution is 2.20. The molecule has 4 aromatic carbocycles. The van der Waals surface area contributed by atoms with E-state index in [0.29, 0.717) is 12.3 Å². The van der Waals surface area contributed by atoms with Crippen molar-refractivity contribution in [2.45, 2.75) is 19.9 Å². The van der Waals surface area contributed by atoms with Crippen molar-refractivity contribution in [2.24, 2.45) is 0 Å². The first-order valence-electron chi connectivity index (χ1n) is 11.5. The third kappa shape index (κ3) is 7.05. The minimum Gasteiger partial charge on any atom is -0.484 e. The van der Waals surface area contributed by atoms with E-state index >= 15 is 0 Å². The number of amides is 2. The molecule has 0 spiro atoms. The van der Waals surface area contributed by atoms with Gasteiger partial charge in [-0.1, -0.05) is 72.8 Å². The fourth-order valence-corrected chi connectivity index (χ4v) is 3.74. The van der Waals surface area contributed by atoms with Crippen LogP contribution >= 0.6 is 0 Å². The minimum atomic E-state index is -0.150. The van der Waals surface area contributed by atoms with Gasteiger partial charge in [0.2, 0.25) is 5.91 Å². The number of carbonyl (C=O) groups excluding carboxylic acids is 2. The predicted molar refractivity (Wildman–Crippen MR) is 140 cm³/mol. The molecule has 1 N–H and O–H groups in total. The van der Waals surface area contributed by atoms with E-state index in [4.69, 9.17) is 4.74 Å². The molecule has 0 saturated heterocycles. The number of hydrogen-bond donors (Lipinski definition) is 1. The van der Waals surface area contributed by atoms with E-state index in [1.807, 2.05) is 116 Å². The van der Waals surface area contributed by atoms with Crippen molar-refractivity contribution >= 4 is 23.2 Å². The lowest BCUT2D eigenvalue weighted by Gasteiger charge is -2.23. The van der Waals surface area contributed by atoms with Crippen molar-refractivity contribution in [3.8, 4) is 5.75 Å². The van der Waals surface area contributed by atoms with Crippen LogP contribution in [0.5, 0.6) is 5.75 Å². The van der Waals surface area contributed by atoms with E-state index < -0.39 is 0 Å². The van der Waals surface area contributed by atoms with Gasteiger partial charge in [0.1, 0.15) is 5.75 Å². The molecule has 0 atom stereocenters. The second-order valence-corrected chi connectivity index (χ2v) is 8.33. The van der Waals surface area contributed by atoms with Gasteiger partial charge in [-0.3, -0.25) is 9.59 Å². The minimum absolute atomic E-state index is 0.0719. The number of carbonyl (C=O) groups is 2. The molecule has 0 unspecified atom stereocenters. The molecule has 0 aromatic heterocycles. The van der Waals surface area contributed by atoms with E-state index in [1.165, 1.54) is 0 Å².